The number of carbonyl (C=O) groups is 7. The molecule has 1 aliphatic carbocycles. The molecule has 0 aromatic rings. The molecule has 0 aromatic carbocycles. The minimum Gasteiger partial charge on any atom is -0.481 e. The van der Waals surface area contributed by atoms with Crippen LogP contribution in [0.4, 0.5) is 0 Å². The van der Waals surface area contributed by atoms with Crippen molar-refractivity contribution in [1.82, 2.24) is 16.0 Å². The molecule has 11 N–H and O–H groups in total. The first-order valence-electron chi connectivity index (χ1n) is 12.3. The van der Waals surface area contributed by atoms with Crippen molar-refractivity contribution in [3.05, 3.63) is 0 Å². The van der Waals surface area contributed by atoms with Crippen LogP contribution in [0.25, 0.3) is 0 Å². The molecule has 15 nitrogen and oxygen atoms in total. The number of rotatable bonds is 15. The molecule has 1 saturated carbocycles. The lowest BCUT2D eigenvalue weighted by Crippen LogP contribution is -2.65. The molecule has 5 amide bonds. The van der Waals surface area contributed by atoms with E-state index in [0.29, 0.717) is 12.8 Å². The molecular formula is C23H38N6O9. The van der Waals surface area contributed by atoms with Gasteiger partial charge in [-0.1, -0.05) is 33.1 Å². The zero-order chi connectivity index (χ0) is 29.2. The lowest BCUT2D eigenvalue weighted by Gasteiger charge is -2.38. The van der Waals surface area contributed by atoms with E-state index < -0.39 is 83.9 Å². The number of amides is 5. The molecule has 0 unspecified atom stereocenters. The zero-order valence-corrected chi connectivity index (χ0v) is 21.5. The number of primary amides is 2. The monoisotopic (exact) mass is 542 g/mol. The van der Waals surface area contributed by atoms with Crippen LogP contribution in [0.3, 0.4) is 0 Å². The molecule has 1 aliphatic rings. The summed E-state index contributed by atoms with van der Waals surface area (Å²) in [5, 5.41) is 25.6. The van der Waals surface area contributed by atoms with Gasteiger partial charge in [0.2, 0.25) is 29.5 Å². The van der Waals surface area contributed by atoms with Gasteiger partial charge in [-0.25, -0.2) is 0 Å². The Morgan fingerprint density at radius 2 is 1.37 bits per heavy atom. The number of hydrogen-bond donors (Lipinski definition) is 8. The Balaban J connectivity index is 3.12. The van der Waals surface area contributed by atoms with Gasteiger partial charge in [-0.2, -0.15) is 0 Å². The summed E-state index contributed by atoms with van der Waals surface area (Å²) in [5.41, 5.74) is 14.7. The van der Waals surface area contributed by atoms with Gasteiger partial charge >= 0.3 is 11.9 Å². The molecule has 1 rings (SSSR count). The van der Waals surface area contributed by atoms with Crippen LogP contribution in [-0.2, 0) is 33.6 Å². The second kappa shape index (κ2) is 14.3. The van der Waals surface area contributed by atoms with Crippen LogP contribution in [-0.4, -0.2) is 75.4 Å². The third-order valence-corrected chi connectivity index (χ3v) is 6.32. The van der Waals surface area contributed by atoms with E-state index in [0.717, 1.165) is 6.42 Å². The normalized spacial score (nSPS) is 17.1. The molecule has 3 atom stereocenters. The highest BCUT2D eigenvalue weighted by Crippen LogP contribution is 2.29. The van der Waals surface area contributed by atoms with E-state index in [1.54, 1.807) is 13.8 Å². The molecule has 38 heavy (non-hydrogen) atoms. The summed E-state index contributed by atoms with van der Waals surface area (Å²) in [5.74, 6) is -9.58. The highest BCUT2D eigenvalue weighted by atomic mass is 16.4. The number of carbonyl (C=O) groups excluding carboxylic acids is 5. The number of hydrogen-bond acceptors (Lipinski definition) is 8. The highest BCUT2D eigenvalue weighted by Gasteiger charge is 2.43. The van der Waals surface area contributed by atoms with Gasteiger partial charge < -0.3 is 43.4 Å². The maximum absolute atomic E-state index is 13.4. The summed E-state index contributed by atoms with van der Waals surface area (Å²) in [6.07, 6.45) is 1.26. The lowest BCUT2D eigenvalue weighted by molar-refractivity contribution is -0.155. The maximum Gasteiger partial charge on any atom is 0.317 e. The number of carboxylic acids is 2. The number of aliphatic carboxylic acids is 2. The Labute approximate surface area is 219 Å². The van der Waals surface area contributed by atoms with E-state index in [4.69, 9.17) is 27.4 Å². The number of carboxylic acid groups (broad SMARTS) is 2. The van der Waals surface area contributed by atoms with Crippen molar-refractivity contribution in [2.24, 2.45) is 29.0 Å². The van der Waals surface area contributed by atoms with Crippen molar-refractivity contribution in [3.8, 4) is 0 Å². The van der Waals surface area contributed by atoms with Crippen LogP contribution in [0, 0.1) is 11.8 Å². The van der Waals surface area contributed by atoms with Crippen molar-refractivity contribution in [1.29, 1.82) is 0 Å². The van der Waals surface area contributed by atoms with Crippen LogP contribution in [0.15, 0.2) is 0 Å². The van der Waals surface area contributed by atoms with Crippen molar-refractivity contribution < 1.29 is 43.8 Å². The largest absolute Gasteiger partial charge is 0.481 e. The van der Waals surface area contributed by atoms with Gasteiger partial charge in [0.25, 0.3) is 0 Å². The van der Waals surface area contributed by atoms with Gasteiger partial charge in [0.1, 0.15) is 17.6 Å². The smallest absolute Gasteiger partial charge is 0.317 e. The van der Waals surface area contributed by atoms with Gasteiger partial charge in [-0.15, -0.1) is 0 Å². The van der Waals surface area contributed by atoms with Gasteiger partial charge in [-0.05, 0) is 31.6 Å². The molecule has 0 saturated heterocycles. The SMILES string of the molecule is CC(C)C[C@H](NC(=O)[C@@H](N)CC(C(=O)O)C(=O)O)C(=O)NC1(C(=O)N[C@@H](CC(N)=O)C(N)=O)CCCCC1. The Kier molecular flexibility index (Phi) is 12.1. The predicted molar refractivity (Wildman–Crippen MR) is 132 cm³/mol. The van der Waals surface area contributed by atoms with Crippen molar-refractivity contribution in [3.63, 3.8) is 0 Å². The molecule has 0 spiro atoms. The molecule has 0 aromatic heterocycles. The molecular weight excluding hydrogens is 504 g/mol. The summed E-state index contributed by atoms with van der Waals surface area (Å²) in [4.78, 5) is 84.6. The van der Waals surface area contributed by atoms with Gasteiger partial charge in [0, 0.05) is 0 Å². The van der Waals surface area contributed by atoms with Crippen LogP contribution < -0.4 is 33.2 Å². The van der Waals surface area contributed by atoms with E-state index in [-0.39, 0.29) is 25.2 Å². The Morgan fingerprint density at radius 3 is 1.82 bits per heavy atom. The van der Waals surface area contributed by atoms with Gasteiger partial charge in [0.15, 0.2) is 5.92 Å². The van der Waals surface area contributed by atoms with Crippen molar-refractivity contribution >= 4 is 41.5 Å². The second-order valence-electron chi connectivity index (χ2n) is 9.99. The third-order valence-electron chi connectivity index (χ3n) is 6.32. The summed E-state index contributed by atoms with van der Waals surface area (Å²) in [7, 11) is 0. The molecule has 214 valence electrons. The second-order valence-corrected chi connectivity index (χ2v) is 9.99. The van der Waals surface area contributed by atoms with Crippen LogP contribution >= 0.6 is 0 Å². The van der Waals surface area contributed by atoms with Crippen molar-refractivity contribution in [2.75, 3.05) is 0 Å². The van der Waals surface area contributed by atoms with E-state index >= 15 is 0 Å². The highest BCUT2D eigenvalue weighted by molar-refractivity contribution is 5.98. The quantitative estimate of drug-likeness (QED) is 0.102. The summed E-state index contributed by atoms with van der Waals surface area (Å²) in [6.45, 7) is 3.56. The molecule has 15 heteroatoms. The van der Waals surface area contributed by atoms with E-state index in [2.05, 4.69) is 16.0 Å². The fourth-order valence-electron chi connectivity index (χ4n) is 4.26. The number of nitrogens with one attached hydrogen (secondary N) is 3. The minimum atomic E-state index is -1.92. The minimum absolute atomic E-state index is 0.112. The first kappa shape index (κ1) is 32.3. The van der Waals surface area contributed by atoms with Gasteiger partial charge in [-0.3, -0.25) is 33.6 Å². The molecule has 1 fully saturated rings. The van der Waals surface area contributed by atoms with Crippen molar-refractivity contribution in [2.45, 2.75) is 88.9 Å². The average molecular weight is 543 g/mol. The Hall–Kier alpha value is -3.75. The first-order valence-corrected chi connectivity index (χ1v) is 12.3. The predicted octanol–water partition coefficient (Wildman–Crippen LogP) is -2.32. The fourth-order valence-corrected chi connectivity index (χ4v) is 4.26. The summed E-state index contributed by atoms with van der Waals surface area (Å²) < 4.78 is 0. The topological polar surface area (TPSA) is 274 Å². The maximum atomic E-state index is 13.4. The third kappa shape index (κ3) is 9.61. The van der Waals surface area contributed by atoms with E-state index in [1.807, 2.05) is 0 Å². The summed E-state index contributed by atoms with van der Waals surface area (Å²) in [6, 6.07) is -4.10. The van der Waals surface area contributed by atoms with Crippen LogP contribution in [0.1, 0.15) is 65.2 Å². The molecule has 0 heterocycles. The van der Waals surface area contributed by atoms with Crippen LogP contribution in [0.2, 0.25) is 0 Å². The van der Waals surface area contributed by atoms with Gasteiger partial charge in [0.05, 0.1) is 12.5 Å². The lowest BCUT2D eigenvalue weighted by atomic mass is 9.80. The van der Waals surface area contributed by atoms with Crippen LogP contribution in [0.5, 0.6) is 0 Å². The first-order chi connectivity index (χ1) is 17.6. The molecule has 0 bridgehead atoms. The average Bonchev–Trinajstić information content (AvgIpc) is 2.80. The van der Waals surface area contributed by atoms with E-state index in [1.165, 1.54) is 0 Å². The molecule has 0 aliphatic heterocycles. The molecule has 0 radical (unpaired) electrons. The van der Waals surface area contributed by atoms with E-state index in [9.17, 15) is 33.6 Å². The zero-order valence-electron chi connectivity index (χ0n) is 21.5. The summed E-state index contributed by atoms with van der Waals surface area (Å²) >= 11 is 0. The Morgan fingerprint density at radius 1 is 0.816 bits per heavy atom. The fraction of sp³-hybridized carbons (Fsp3) is 0.696. The standard InChI is InChI=1S/C23H38N6O9/c1-11(2)8-15(27-18(32)13(24)9-12(20(34)35)21(36)37)19(33)29-23(6-4-3-5-7-23)22(38)28-14(17(26)31)10-16(25)30/h11-15H,3-10,24H2,1-2H3,(H2,25,30)(H2,26,31)(H,27,32)(H,28,38)(H,29,33)(H,34,35)(H,36,37)/t13-,14-,15-/m0/s1. The Bertz CT molecular complexity index is 918. The number of nitrogens with two attached hydrogens (primary N) is 3.